The topological polar surface area (TPSA) is 79.3 Å². The molecular weight excluding hydrogens is 558 g/mol. The predicted octanol–water partition coefficient (Wildman–Crippen LogP) is 7.71. The zero-order valence-corrected chi connectivity index (χ0v) is 27.0. The van der Waals surface area contributed by atoms with Crippen molar-refractivity contribution in [3.63, 3.8) is 0 Å². The van der Waals surface area contributed by atoms with Crippen LogP contribution in [0.2, 0.25) is 0 Å². The molecule has 2 N–H and O–H groups in total. The van der Waals surface area contributed by atoms with Gasteiger partial charge in [0.05, 0.1) is 11.4 Å². The highest BCUT2D eigenvalue weighted by atomic mass is 16.2. The largest absolute Gasteiger partial charge is 0.342 e. The third-order valence-electron chi connectivity index (χ3n) is 9.36. The molecule has 45 heavy (non-hydrogen) atoms. The molecule has 0 saturated carbocycles. The van der Waals surface area contributed by atoms with Gasteiger partial charge in [0.15, 0.2) is 0 Å². The van der Waals surface area contributed by atoms with Crippen molar-refractivity contribution >= 4 is 23.4 Å². The van der Waals surface area contributed by atoms with E-state index in [1.165, 1.54) is 22.3 Å². The van der Waals surface area contributed by atoms with Crippen LogP contribution in [0.1, 0.15) is 68.0 Å². The summed E-state index contributed by atoms with van der Waals surface area (Å²) in [5, 5.41) is 10.8. The Morgan fingerprint density at radius 1 is 0.867 bits per heavy atom. The van der Waals surface area contributed by atoms with Crippen molar-refractivity contribution in [2.24, 2.45) is 11.8 Å². The van der Waals surface area contributed by atoms with Crippen molar-refractivity contribution < 1.29 is 9.59 Å². The van der Waals surface area contributed by atoms with E-state index in [1.807, 2.05) is 49.4 Å². The molecule has 3 amide bonds. The van der Waals surface area contributed by atoms with Crippen LogP contribution in [0.15, 0.2) is 78.9 Å². The number of carbonyl (C=O) groups is 2. The number of nitrogens with one attached hydrogen (secondary N) is 2. The zero-order valence-electron chi connectivity index (χ0n) is 27.0. The molecule has 0 spiro atoms. The molecule has 0 radical (unpaired) electrons. The number of hydrogen-bond acceptors (Lipinski definition) is 3. The first-order valence-electron chi connectivity index (χ1n) is 16.3. The van der Waals surface area contributed by atoms with Crippen LogP contribution in [0.25, 0.3) is 5.69 Å². The SMILES string of the molecule is Cc1ccc(-n2nc(C(C)(C)C)cc2NC(=O)Nc2ccc(CC3CCN(C(=O)[C@@H]4CCc5ccccc5C4)CC3)cc2)cc1. The molecule has 0 unspecified atom stereocenters. The number of rotatable bonds is 6. The number of aryl methyl sites for hydroxylation is 2. The number of anilines is 2. The average Bonchev–Trinajstić information content (AvgIpc) is 3.46. The van der Waals surface area contributed by atoms with E-state index < -0.39 is 0 Å². The van der Waals surface area contributed by atoms with Crippen molar-refractivity contribution in [3.05, 3.63) is 107 Å². The van der Waals surface area contributed by atoms with Crippen molar-refractivity contribution in [1.29, 1.82) is 0 Å². The standard InChI is InChI=1S/C38H45N5O2/c1-26-9-17-33(18-10-26)43-35(25-34(41-43)38(2,3)4)40-37(45)39-32-15-11-27(12-16-32)23-28-19-21-42(22-20-28)36(44)31-14-13-29-7-5-6-8-30(29)24-31/h5-12,15-18,25,28,31H,13-14,19-24H2,1-4H3,(H2,39,40,45)/t31-/m1/s1. The Morgan fingerprint density at radius 3 is 2.24 bits per heavy atom. The fourth-order valence-corrected chi connectivity index (χ4v) is 6.58. The Bertz CT molecular complexity index is 1640. The van der Waals surface area contributed by atoms with Gasteiger partial charge in [0.25, 0.3) is 0 Å². The summed E-state index contributed by atoms with van der Waals surface area (Å²) in [6.45, 7) is 10.1. The predicted molar refractivity (Wildman–Crippen MR) is 181 cm³/mol. The number of piperidine rings is 1. The molecule has 7 heteroatoms. The third-order valence-corrected chi connectivity index (χ3v) is 9.36. The second kappa shape index (κ2) is 12.9. The molecule has 1 saturated heterocycles. The van der Waals surface area contributed by atoms with Gasteiger partial charge in [0.1, 0.15) is 5.82 Å². The highest BCUT2D eigenvalue weighted by molar-refractivity contribution is 5.99. The number of nitrogens with zero attached hydrogens (tertiary/aromatic N) is 3. The van der Waals surface area contributed by atoms with Crippen LogP contribution < -0.4 is 10.6 Å². The maximum Gasteiger partial charge on any atom is 0.324 e. The molecule has 2 aliphatic rings. The molecule has 2 heterocycles. The van der Waals surface area contributed by atoms with E-state index >= 15 is 0 Å². The molecule has 0 bridgehead atoms. The minimum Gasteiger partial charge on any atom is -0.342 e. The summed E-state index contributed by atoms with van der Waals surface area (Å²) < 4.78 is 1.79. The van der Waals surface area contributed by atoms with Crippen molar-refractivity contribution in [3.8, 4) is 5.69 Å². The molecule has 234 valence electrons. The van der Waals surface area contributed by atoms with E-state index in [-0.39, 0.29) is 17.4 Å². The number of fused-ring (bicyclic) bond motifs is 1. The molecule has 7 nitrogen and oxygen atoms in total. The molecule has 1 atom stereocenters. The number of aromatic nitrogens is 2. The number of hydrogen-bond donors (Lipinski definition) is 2. The fraction of sp³-hybridized carbons (Fsp3) is 0.395. The lowest BCUT2D eigenvalue weighted by atomic mass is 9.82. The Hall–Kier alpha value is -4.39. The van der Waals surface area contributed by atoms with Crippen molar-refractivity contribution in [2.75, 3.05) is 23.7 Å². The monoisotopic (exact) mass is 603 g/mol. The first kappa shape index (κ1) is 30.6. The van der Waals surface area contributed by atoms with Crippen LogP contribution in [0, 0.1) is 18.8 Å². The van der Waals surface area contributed by atoms with Gasteiger partial charge in [-0.3, -0.25) is 10.1 Å². The smallest absolute Gasteiger partial charge is 0.324 e. The second-order valence-electron chi connectivity index (χ2n) is 13.9. The summed E-state index contributed by atoms with van der Waals surface area (Å²) in [6, 6.07) is 26.4. The van der Waals surface area contributed by atoms with E-state index in [0.717, 1.165) is 68.7 Å². The maximum absolute atomic E-state index is 13.3. The fourth-order valence-electron chi connectivity index (χ4n) is 6.58. The van der Waals surface area contributed by atoms with Crippen molar-refractivity contribution in [2.45, 2.75) is 71.6 Å². The maximum atomic E-state index is 13.3. The van der Waals surface area contributed by atoms with Gasteiger partial charge in [0.2, 0.25) is 5.91 Å². The summed E-state index contributed by atoms with van der Waals surface area (Å²) in [4.78, 5) is 28.5. The summed E-state index contributed by atoms with van der Waals surface area (Å²) in [7, 11) is 0. The Balaban J connectivity index is 1.01. The minimum atomic E-state index is -0.310. The zero-order chi connectivity index (χ0) is 31.6. The number of urea groups is 1. The van der Waals surface area contributed by atoms with Gasteiger partial charge < -0.3 is 10.2 Å². The molecule has 1 aliphatic carbocycles. The highest BCUT2D eigenvalue weighted by Gasteiger charge is 2.31. The van der Waals surface area contributed by atoms with Crippen LogP contribution in [0.4, 0.5) is 16.3 Å². The lowest BCUT2D eigenvalue weighted by molar-refractivity contribution is -0.137. The van der Waals surface area contributed by atoms with Crippen LogP contribution in [0.3, 0.4) is 0 Å². The van der Waals surface area contributed by atoms with Gasteiger partial charge >= 0.3 is 6.03 Å². The van der Waals surface area contributed by atoms with E-state index in [4.69, 9.17) is 5.10 Å². The molecule has 1 fully saturated rings. The summed E-state index contributed by atoms with van der Waals surface area (Å²) in [5.41, 5.74) is 7.54. The third kappa shape index (κ3) is 7.30. The number of amides is 3. The summed E-state index contributed by atoms with van der Waals surface area (Å²) >= 11 is 0. The minimum absolute atomic E-state index is 0.123. The molecular formula is C38H45N5O2. The molecule has 3 aromatic carbocycles. The van der Waals surface area contributed by atoms with Gasteiger partial charge in [-0.15, -0.1) is 0 Å². The van der Waals surface area contributed by atoms with E-state index in [2.05, 4.69) is 72.7 Å². The lowest BCUT2D eigenvalue weighted by Gasteiger charge is -2.35. The van der Waals surface area contributed by atoms with Gasteiger partial charge in [-0.2, -0.15) is 5.10 Å². The first-order valence-corrected chi connectivity index (χ1v) is 16.3. The Kier molecular flexibility index (Phi) is 8.79. The lowest BCUT2D eigenvalue weighted by Crippen LogP contribution is -2.43. The molecule has 6 rings (SSSR count). The molecule has 1 aliphatic heterocycles. The quantitative estimate of drug-likeness (QED) is 0.237. The Labute approximate surface area is 267 Å². The van der Waals surface area contributed by atoms with E-state index in [1.54, 1.807) is 4.68 Å². The Morgan fingerprint density at radius 2 is 1.56 bits per heavy atom. The van der Waals surface area contributed by atoms with Crippen LogP contribution in [-0.4, -0.2) is 39.7 Å². The second-order valence-corrected chi connectivity index (χ2v) is 13.9. The van der Waals surface area contributed by atoms with Gasteiger partial charge in [-0.1, -0.05) is 74.9 Å². The number of benzene rings is 3. The van der Waals surface area contributed by atoms with Crippen LogP contribution in [-0.2, 0) is 29.5 Å². The van der Waals surface area contributed by atoms with E-state index in [0.29, 0.717) is 17.6 Å². The van der Waals surface area contributed by atoms with Gasteiger partial charge in [0, 0.05) is 36.2 Å². The highest BCUT2D eigenvalue weighted by Crippen LogP contribution is 2.30. The average molecular weight is 604 g/mol. The summed E-state index contributed by atoms with van der Waals surface area (Å²) in [5.74, 6) is 1.64. The number of likely N-dealkylation sites (tertiary alicyclic amines) is 1. The molecule has 1 aromatic heterocycles. The van der Waals surface area contributed by atoms with Crippen LogP contribution >= 0.6 is 0 Å². The summed E-state index contributed by atoms with van der Waals surface area (Å²) in [6.07, 6.45) is 5.89. The molecule has 4 aromatic rings. The normalized spacial score (nSPS) is 17.1. The van der Waals surface area contributed by atoms with Crippen molar-refractivity contribution in [1.82, 2.24) is 14.7 Å². The van der Waals surface area contributed by atoms with E-state index in [9.17, 15) is 9.59 Å². The van der Waals surface area contributed by atoms with Crippen LogP contribution in [0.5, 0.6) is 0 Å². The first-order chi connectivity index (χ1) is 21.6. The number of carbonyl (C=O) groups excluding carboxylic acids is 2. The van der Waals surface area contributed by atoms with Gasteiger partial charge in [-0.05, 0) is 92.3 Å². The van der Waals surface area contributed by atoms with Gasteiger partial charge in [-0.25, -0.2) is 9.48 Å².